The Morgan fingerprint density at radius 1 is 1.18 bits per heavy atom. The highest BCUT2D eigenvalue weighted by molar-refractivity contribution is 7.53. The van der Waals surface area contributed by atoms with Crippen LogP contribution in [0.5, 0.6) is 0 Å². The molecule has 0 saturated carbocycles. The van der Waals surface area contributed by atoms with Crippen LogP contribution in [-0.4, -0.2) is 38.4 Å². The van der Waals surface area contributed by atoms with E-state index < -0.39 is 44.0 Å². The van der Waals surface area contributed by atoms with Gasteiger partial charge < -0.3 is 18.5 Å². The lowest BCUT2D eigenvalue weighted by Crippen LogP contribution is -2.49. The molecule has 1 N–H and O–H groups in total. The number of halogens is 4. The summed E-state index contributed by atoms with van der Waals surface area (Å²) in [6.07, 6.45) is -3.89. The standard InChI is InChI=1S/C21H26ClF3NO6P/c1-3-5-12-30-33(28,31-13-6-4-2)15-29-11-7-10-20(21(23,24)25)17-14-16(22)8-9-18(17)26-19(27)32-20/h8-9,14H,3-6,11-13,15H2,1-2H3,(H,26,27)/t20-/m0/s1. The molecule has 1 aliphatic heterocycles. The van der Waals surface area contributed by atoms with Crippen molar-refractivity contribution in [3.8, 4) is 11.8 Å². The molecule has 0 aliphatic carbocycles. The predicted molar refractivity (Wildman–Crippen MR) is 117 cm³/mol. The fourth-order valence-electron chi connectivity index (χ4n) is 2.80. The molecule has 0 spiro atoms. The second kappa shape index (κ2) is 12.1. The SMILES string of the molecule is CCCCOP(=O)(COCC#C[C@]1(C(F)(F)F)OC(=O)Nc2ccc(Cl)cc21)OCCCC. The summed E-state index contributed by atoms with van der Waals surface area (Å²) in [6, 6.07) is 3.59. The van der Waals surface area contributed by atoms with Crippen molar-refractivity contribution in [2.75, 3.05) is 31.5 Å². The van der Waals surface area contributed by atoms with Gasteiger partial charge in [-0.2, -0.15) is 13.2 Å². The number of hydrogen-bond acceptors (Lipinski definition) is 6. The zero-order valence-electron chi connectivity index (χ0n) is 18.3. The molecular weight excluding hydrogens is 486 g/mol. The van der Waals surface area contributed by atoms with E-state index in [0.717, 1.165) is 18.9 Å². The summed E-state index contributed by atoms with van der Waals surface area (Å²) in [5, 5.41) is 2.20. The molecule has 7 nitrogen and oxygen atoms in total. The largest absolute Gasteiger partial charge is 0.445 e. The molecule has 0 unspecified atom stereocenters. The summed E-state index contributed by atoms with van der Waals surface area (Å²) in [7, 11) is -3.60. The van der Waals surface area contributed by atoms with Crippen LogP contribution in [0, 0.1) is 11.8 Å². The van der Waals surface area contributed by atoms with E-state index in [0.29, 0.717) is 12.8 Å². The number of hydrogen-bond donors (Lipinski definition) is 1. The van der Waals surface area contributed by atoms with E-state index >= 15 is 0 Å². The summed E-state index contributed by atoms with van der Waals surface area (Å²) in [4.78, 5) is 11.8. The van der Waals surface area contributed by atoms with Crippen LogP contribution in [-0.2, 0) is 28.7 Å². The molecule has 0 radical (unpaired) electrons. The van der Waals surface area contributed by atoms with Crippen LogP contribution >= 0.6 is 19.2 Å². The summed E-state index contributed by atoms with van der Waals surface area (Å²) < 4.78 is 75.5. The first kappa shape index (κ1) is 27.5. The van der Waals surface area contributed by atoms with Gasteiger partial charge in [-0.05, 0) is 37.0 Å². The third kappa shape index (κ3) is 7.36. The van der Waals surface area contributed by atoms with E-state index in [1.54, 1.807) is 0 Å². The van der Waals surface area contributed by atoms with Gasteiger partial charge >= 0.3 is 19.9 Å². The molecule has 2 rings (SSSR count). The monoisotopic (exact) mass is 511 g/mol. The molecule has 1 amide bonds. The van der Waals surface area contributed by atoms with Crippen molar-refractivity contribution in [2.45, 2.75) is 51.3 Å². The molecule has 12 heteroatoms. The third-order valence-electron chi connectivity index (χ3n) is 4.50. The van der Waals surface area contributed by atoms with Crippen molar-refractivity contribution < 1.29 is 41.1 Å². The van der Waals surface area contributed by atoms with E-state index in [1.807, 2.05) is 19.8 Å². The van der Waals surface area contributed by atoms with Gasteiger partial charge in [-0.3, -0.25) is 9.88 Å². The van der Waals surface area contributed by atoms with Gasteiger partial charge in [-0.15, -0.1) is 0 Å². The first-order valence-corrected chi connectivity index (χ1v) is 12.5. The van der Waals surface area contributed by atoms with Crippen LogP contribution < -0.4 is 5.32 Å². The van der Waals surface area contributed by atoms with E-state index in [9.17, 15) is 22.5 Å². The van der Waals surface area contributed by atoms with Crippen LogP contribution in [0.15, 0.2) is 18.2 Å². The number of alkyl halides is 3. The second-order valence-electron chi connectivity index (χ2n) is 7.15. The number of carbonyl (C=O) groups is 1. The fraction of sp³-hybridized carbons (Fsp3) is 0.571. The minimum atomic E-state index is -5.07. The molecule has 1 heterocycles. The van der Waals surface area contributed by atoms with Gasteiger partial charge in [0.1, 0.15) is 13.0 Å². The molecule has 1 aromatic rings. The topological polar surface area (TPSA) is 83.1 Å². The molecule has 184 valence electrons. The van der Waals surface area contributed by atoms with Gasteiger partial charge in [0, 0.05) is 10.6 Å². The van der Waals surface area contributed by atoms with E-state index in [1.165, 1.54) is 12.1 Å². The van der Waals surface area contributed by atoms with Crippen molar-refractivity contribution in [1.29, 1.82) is 0 Å². The Hall–Kier alpha value is -1.76. The maximum Gasteiger partial charge on any atom is 0.445 e. The Kier molecular flexibility index (Phi) is 10.1. The fourth-order valence-corrected chi connectivity index (χ4v) is 4.32. The van der Waals surface area contributed by atoms with Gasteiger partial charge in [0.25, 0.3) is 5.60 Å². The number of carbonyl (C=O) groups excluding carboxylic acids is 1. The summed E-state index contributed by atoms with van der Waals surface area (Å²) >= 11 is 5.86. The van der Waals surface area contributed by atoms with Gasteiger partial charge in [0.2, 0.25) is 0 Å². The minimum absolute atomic E-state index is 0.00886. The third-order valence-corrected chi connectivity index (χ3v) is 6.39. The number of cyclic esters (lactones) is 1. The first-order chi connectivity index (χ1) is 15.6. The van der Waals surface area contributed by atoms with Gasteiger partial charge in [-0.25, -0.2) is 4.79 Å². The van der Waals surface area contributed by atoms with Crippen LogP contribution in [0.2, 0.25) is 5.02 Å². The highest BCUT2D eigenvalue weighted by Gasteiger charge is 2.62. The lowest BCUT2D eigenvalue weighted by Gasteiger charge is -2.35. The van der Waals surface area contributed by atoms with Crippen LogP contribution in [0.1, 0.15) is 45.1 Å². The van der Waals surface area contributed by atoms with Gasteiger partial charge in [0.05, 0.1) is 18.9 Å². The number of ether oxygens (including phenoxy) is 2. The second-order valence-corrected chi connectivity index (χ2v) is 9.58. The first-order valence-electron chi connectivity index (χ1n) is 10.4. The molecule has 33 heavy (non-hydrogen) atoms. The lowest BCUT2D eigenvalue weighted by molar-refractivity contribution is -0.239. The lowest BCUT2D eigenvalue weighted by atomic mass is 9.90. The zero-order valence-corrected chi connectivity index (χ0v) is 19.9. The van der Waals surface area contributed by atoms with E-state index in [-0.39, 0.29) is 23.9 Å². The van der Waals surface area contributed by atoms with Gasteiger partial charge in [0.15, 0.2) is 0 Å². The molecule has 1 aromatic carbocycles. The number of anilines is 1. The van der Waals surface area contributed by atoms with Crippen molar-refractivity contribution in [3.05, 3.63) is 28.8 Å². The number of unbranched alkanes of at least 4 members (excludes halogenated alkanes) is 2. The van der Waals surface area contributed by atoms with Crippen LogP contribution in [0.3, 0.4) is 0 Å². The molecule has 0 fully saturated rings. The maximum atomic E-state index is 14.0. The Balaban J connectivity index is 2.18. The van der Waals surface area contributed by atoms with Crippen LogP contribution in [0.4, 0.5) is 23.7 Å². The number of fused-ring (bicyclic) bond motifs is 1. The van der Waals surface area contributed by atoms with E-state index in [4.69, 9.17) is 25.4 Å². The number of amides is 1. The molecular formula is C21H26ClF3NO6P. The highest BCUT2D eigenvalue weighted by atomic mass is 35.5. The number of benzene rings is 1. The number of nitrogens with one attached hydrogen (secondary N) is 1. The normalized spacial score (nSPS) is 18.1. The minimum Gasteiger partial charge on any atom is -0.415 e. The quantitative estimate of drug-likeness (QED) is 0.208. The van der Waals surface area contributed by atoms with Crippen molar-refractivity contribution in [1.82, 2.24) is 0 Å². The average Bonchev–Trinajstić information content (AvgIpc) is 2.73. The maximum absolute atomic E-state index is 14.0. The predicted octanol–water partition coefficient (Wildman–Crippen LogP) is 6.46. The highest BCUT2D eigenvalue weighted by Crippen LogP contribution is 2.49. The van der Waals surface area contributed by atoms with E-state index in [2.05, 4.69) is 16.0 Å². The van der Waals surface area contributed by atoms with Crippen molar-refractivity contribution >= 4 is 31.0 Å². The van der Waals surface area contributed by atoms with Crippen molar-refractivity contribution in [2.24, 2.45) is 0 Å². The Morgan fingerprint density at radius 2 is 1.82 bits per heavy atom. The molecule has 0 aromatic heterocycles. The zero-order chi connectivity index (χ0) is 24.5. The number of rotatable bonds is 11. The Bertz CT molecular complexity index is 919. The Labute approximate surface area is 195 Å². The van der Waals surface area contributed by atoms with Crippen LogP contribution in [0.25, 0.3) is 0 Å². The Morgan fingerprint density at radius 3 is 2.39 bits per heavy atom. The molecule has 1 aliphatic rings. The molecule has 1 atom stereocenters. The van der Waals surface area contributed by atoms with Crippen molar-refractivity contribution in [3.63, 3.8) is 0 Å². The smallest absolute Gasteiger partial charge is 0.415 e. The molecule has 0 saturated heterocycles. The average molecular weight is 512 g/mol. The summed E-state index contributed by atoms with van der Waals surface area (Å²) in [5.74, 6) is 4.18. The summed E-state index contributed by atoms with van der Waals surface area (Å²) in [5.41, 5.74) is -3.81. The van der Waals surface area contributed by atoms with Gasteiger partial charge in [-0.1, -0.05) is 44.2 Å². The molecule has 0 bridgehead atoms. The summed E-state index contributed by atoms with van der Waals surface area (Å²) in [6.45, 7) is 3.75.